The Balaban J connectivity index is 3.23. The molecule has 0 aliphatic rings. The molecule has 0 fully saturated rings. The normalized spacial score (nSPS) is 10.8. The second-order valence-corrected chi connectivity index (χ2v) is 3.65. The molecule has 0 aliphatic carbocycles. The van der Waals surface area contributed by atoms with Gasteiger partial charge in [0.15, 0.2) is 0 Å². The molecule has 1 aromatic rings. The van der Waals surface area contributed by atoms with Crippen LogP contribution in [0.3, 0.4) is 0 Å². The van der Waals surface area contributed by atoms with Crippen LogP contribution in [0.25, 0.3) is 6.08 Å². The molecule has 76 valence electrons. The Hall–Kier alpha value is -1.80. The van der Waals surface area contributed by atoms with Gasteiger partial charge < -0.3 is 10.8 Å². The summed E-state index contributed by atoms with van der Waals surface area (Å²) in [5.41, 5.74) is 5.12. The van der Waals surface area contributed by atoms with Crippen LogP contribution in [-0.2, 0) is 4.79 Å². The number of phenolic OH excluding ortho intramolecular Hbond substituents is 1. The second-order valence-electron chi connectivity index (χ2n) is 2.74. The SMILES string of the molecule is N#C/C(=C/c1cc(Br)ccc1O)C(N)=O. The van der Waals surface area contributed by atoms with Gasteiger partial charge in [-0.3, -0.25) is 4.79 Å². The summed E-state index contributed by atoms with van der Waals surface area (Å²) in [5, 5.41) is 18.0. The Morgan fingerprint density at radius 2 is 2.27 bits per heavy atom. The molecule has 1 rings (SSSR count). The van der Waals surface area contributed by atoms with Crippen molar-refractivity contribution in [2.45, 2.75) is 0 Å². The quantitative estimate of drug-likeness (QED) is 0.629. The Kier molecular flexibility index (Phi) is 3.47. The smallest absolute Gasteiger partial charge is 0.259 e. The van der Waals surface area contributed by atoms with Crippen LogP contribution in [0.5, 0.6) is 5.75 Å². The van der Waals surface area contributed by atoms with Gasteiger partial charge in [-0.05, 0) is 24.3 Å². The maximum Gasteiger partial charge on any atom is 0.259 e. The molecule has 0 radical (unpaired) electrons. The van der Waals surface area contributed by atoms with Crippen LogP contribution in [-0.4, -0.2) is 11.0 Å². The minimum absolute atomic E-state index is 0.0211. The highest BCUT2D eigenvalue weighted by molar-refractivity contribution is 9.10. The number of carbonyl (C=O) groups excluding carboxylic acids is 1. The molecule has 0 saturated carbocycles. The molecule has 0 aromatic heterocycles. The standard InChI is InChI=1S/C10H7BrN2O2/c11-8-1-2-9(14)6(4-8)3-7(5-12)10(13)15/h1-4,14H,(H2,13,15)/b7-3-. The van der Waals surface area contributed by atoms with Gasteiger partial charge in [-0.2, -0.15) is 5.26 Å². The lowest BCUT2D eigenvalue weighted by Crippen LogP contribution is -2.12. The number of rotatable bonds is 2. The number of nitrogens with zero attached hydrogens (tertiary/aromatic N) is 1. The van der Waals surface area contributed by atoms with E-state index in [-0.39, 0.29) is 11.3 Å². The average Bonchev–Trinajstić information content (AvgIpc) is 2.18. The number of hydrogen-bond acceptors (Lipinski definition) is 3. The molecule has 0 spiro atoms. The fourth-order valence-corrected chi connectivity index (χ4v) is 1.33. The summed E-state index contributed by atoms with van der Waals surface area (Å²) in [7, 11) is 0. The largest absolute Gasteiger partial charge is 0.507 e. The number of nitriles is 1. The van der Waals surface area contributed by atoms with Crippen molar-refractivity contribution in [1.29, 1.82) is 5.26 Å². The van der Waals surface area contributed by atoms with Crippen molar-refractivity contribution >= 4 is 27.9 Å². The fourth-order valence-electron chi connectivity index (χ4n) is 0.955. The summed E-state index contributed by atoms with van der Waals surface area (Å²) in [4.78, 5) is 10.8. The van der Waals surface area contributed by atoms with Crippen molar-refractivity contribution in [1.82, 2.24) is 0 Å². The summed E-state index contributed by atoms with van der Waals surface area (Å²) < 4.78 is 0.730. The van der Waals surface area contributed by atoms with Crippen LogP contribution >= 0.6 is 15.9 Å². The number of hydrogen-bond donors (Lipinski definition) is 2. The zero-order valence-electron chi connectivity index (χ0n) is 7.57. The van der Waals surface area contributed by atoms with Gasteiger partial charge in [0.1, 0.15) is 17.4 Å². The van der Waals surface area contributed by atoms with Crippen LogP contribution in [0.1, 0.15) is 5.56 Å². The number of carbonyl (C=O) groups is 1. The number of aromatic hydroxyl groups is 1. The number of benzene rings is 1. The van der Waals surface area contributed by atoms with E-state index in [0.717, 1.165) is 4.47 Å². The molecule has 0 aliphatic heterocycles. The van der Waals surface area contributed by atoms with Crippen molar-refractivity contribution in [3.8, 4) is 11.8 Å². The number of halogens is 1. The van der Waals surface area contributed by atoms with Gasteiger partial charge in [-0.15, -0.1) is 0 Å². The lowest BCUT2D eigenvalue weighted by atomic mass is 10.1. The minimum atomic E-state index is -0.822. The van der Waals surface area contributed by atoms with Gasteiger partial charge in [0.05, 0.1) is 0 Å². The Morgan fingerprint density at radius 3 is 2.80 bits per heavy atom. The molecule has 15 heavy (non-hydrogen) atoms. The molecule has 0 bridgehead atoms. The van der Waals surface area contributed by atoms with Crippen LogP contribution in [0.2, 0.25) is 0 Å². The first-order valence-corrected chi connectivity index (χ1v) is 4.74. The van der Waals surface area contributed by atoms with Gasteiger partial charge in [0.25, 0.3) is 5.91 Å². The predicted molar refractivity (Wildman–Crippen MR) is 58.6 cm³/mol. The second kappa shape index (κ2) is 4.62. The highest BCUT2D eigenvalue weighted by Gasteiger charge is 2.06. The van der Waals surface area contributed by atoms with Crippen LogP contribution in [0, 0.1) is 11.3 Å². The topological polar surface area (TPSA) is 87.1 Å². The summed E-state index contributed by atoms with van der Waals surface area (Å²) in [6, 6.07) is 6.33. The zero-order chi connectivity index (χ0) is 11.4. The Labute approximate surface area is 94.8 Å². The molecular weight excluding hydrogens is 260 g/mol. The molecule has 1 amide bonds. The third-order valence-corrected chi connectivity index (χ3v) is 2.17. The number of primary amides is 1. The maximum atomic E-state index is 10.8. The lowest BCUT2D eigenvalue weighted by molar-refractivity contribution is -0.114. The molecule has 1 aromatic carbocycles. The number of amides is 1. The summed E-state index contributed by atoms with van der Waals surface area (Å²) in [6.07, 6.45) is 1.24. The molecule has 4 nitrogen and oxygen atoms in total. The van der Waals surface area contributed by atoms with E-state index in [1.165, 1.54) is 12.1 Å². The van der Waals surface area contributed by atoms with Crippen molar-refractivity contribution in [3.63, 3.8) is 0 Å². The van der Waals surface area contributed by atoms with Gasteiger partial charge in [-0.1, -0.05) is 15.9 Å². The molecule has 0 saturated heterocycles. The zero-order valence-corrected chi connectivity index (χ0v) is 9.15. The molecular formula is C10H7BrN2O2. The fraction of sp³-hybridized carbons (Fsp3) is 0. The Morgan fingerprint density at radius 1 is 1.60 bits per heavy atom. The van der Waals surface area contributed by atoms with Crippen molar-refractivity contribution in [2.24, 2.45) is 5.73 Å². The van der Waals surface area contributed by atoms with E-state index in [1.807, 2.05) is 0 Å². The van der Waals surface area contributed by atoms with Crippen molar-refractivity contribution < 1.29 is 9.90 Å². The average molecular weight is 267 g/mol. The van der Waals surface area contributed by atoms with E-state index in [4.69, 9.17) is 11.0 Å². The first-order chi connectivity index (χ1) is 7.04. The van der Waals surface area contributed by atoms with Gasteiger partial charge in [-0.25, -0.2) is 0 Å². The number of nitrogens with two attached hydrogens (primary N) is 1. The minimum Gasteiger partial charge on any atom is -0.507 e. The molecule has 0 unspecified atom stereocenters. The van der Waals surface area contributed by atoms with Crippen LogP contribution in [0.15, 0.2) is 28.2 Å². The monoisotopic (exact) mass is 266 g/mol. The first kappa shape index (κ1) is 11.3. The first-order valence-electron chi connectivity index (χ1n) is 3.94. The van der Waals surface area contributed by atoms with E-state index in [1.54, 1.807) is 18.2 Å². The van der Waals surface area contributed by atoms with Gasteiger partial charge >= 0.3 is 0 Å². The van der Waals surface area contributed by atoms with E-state index in [0.29, 0.717) is 5.56 Å². The van der Waals surface area contributed by atoms with Crippen LogP contribution < -0.4 is 5.73 Å². The summed E-state index contributed by atoms with van der Waals surface area (Å²) in [5.74, 6) is -0.843. The predicted octanol–water partition coefficient (Wildman–Crippen LogP) is 1.55. The Bertz CT molecular complexity index is 475. The van der Waals surface area contributed by atoms with E-state index in [9.17, 15) is 9.90 Å². The molecule has 5 heteroatoms. The number of phenols is 1. The molecule has 0 heterocycles. The van der Waals surface area contributed by atoms with E-state index < -0.39 is 5.91 Å². The third kappa shape index (κ3) is 2.82. The highest BCUT2D eigenvalue weighted by Crippen LogP contribution is 2.23. The summed E-state index contributed by atoms with van der Waals surface area (Å²) >= 11 is 3.21. The van der Waals surface area contributed by atoms with Gasteiger partial charge in [0, 0.05) is 10.0 Å². The molecule has 0 atom stereocenters. The third-order valence-electron chi connectivity index (χ3n) is 1.68. The van der Waals surface area contributed by atoms with E-state index in [2.05, 4.69) is 15.9 Å². The van der Waals surface area contributed by atoms with Crippen molar-refractivity contribution in [3.05, 3.63) is 33.8 Å². The maximum absolute atomic E-state index is 10.8. The van der Waals surface area contributed by atoms with Crippen molar-refractivity contribution in [2.75, 3.05) is 0 Å². The summed E-state index contributed by atoms with van der Waals surface area (Å²) in [6.45, 7) is 0. The lowest BCUT2D eigenvalue weighted by Gasteiger charge is -2.00. The molecule has 3 N–H and O–H groups in total. The van der Waals surface area contributed by atoms with Crippen LogP contribution in [0.4, 0.5) is 0 Å². The van der Waals surface area contributed by atoms with E-state index >= 15 is 0 Å². The van der Waals surface area contributed by atoms with Gasteiger partial charge in [0.2, 0.25) is 0 Å². The highest BCUT2D eigenvalue weighted by atomic mass is 79.9.